The smallest absolute Gasteiger partial charge is 0.238 e. The normalized spacial score (nSPS) is 14.2. The molecule has 2 heterocycles. The molecule has 1 aliphatic rings. The number of nitrogens with zero attached hydrogens (tertiary/aromatic N) is 3. The van der Waals surface area contributed by atoms with Crippen LogP contribution in [0.5, 0.6) is 0 Å². The molecule has 1 saturated heterocycles. The minimum Gasteiger partial charge on any atom is -0.323 e. The lowest BCUT2D eigenvalue weighted by atomic mass is 10.2. The Kier molecular flexibility index (Phi) is 5.36. The number of anilines is 2. The zero-order chi connectivity index (χ0) is 19.5. The second-order valence-electron chi connectivity index (χ2n) is 6.96. The summed E-state index contributed by atoms with van der Waals surface area (Å²) in [7, 11) is 1.90. The molecule has 144 valence electrons. The highest BCUT2D eigenvalue weighted by atomic mass is 32.1. The van der Waals surface area contributed by atoms with Crippen molar-refractivity contribution in [3.63, 3.8) is 0 Å². The number of hydrogen-bond acceptors (Lipinski definition) is 5. The summed E-state index contributed by atoms with van der Waals surface area (Å²) in [4.78, 5) is 32.9. The van der Waals surface area contributed by atoms with E-state index in [1.807, 2.05) is 54.4 Å². The number of carbonyl (C=O) groups is 2. The van der Waals surface area contributed by atoms with E-state index in [1.165, 1.54) is 0 Å². The Morgan fingerprint density at radius 1 is 1.21 bits per heavy atom. The molecule has 2 amide bonds. The van der Waals surface area contributed by atoms with Crippen LogP contribution in [0.4, 0.5) is 11.4 Å². The first-order chi connectivity index (χ1) is 13.6. The number of aromatic nitrogens is 1. The minimum absolute atomic E-state index is 0.106. The predicted molar refractivity (Wildman–Crippen MR) is 113 cm³/mol. The van der Waals surface area contributed by atoms with Gasteiger partial charge in [0.05, 0.1) is 34.7 Å². The van der Waals surface area contributed by atoms with Crippen LogP contribution in [0.3, 0.4) is 0 Å². The highest BCUT2D eigenvalue weighted by Gasteiger charge is 2.24. The Morgan fingerprint density at radius 2 is 2.00 bits per heavy atom. The second-order valence-corrected chi connectivity index (χ2v) is 8.08. The lowest BCUT2D eigenvalue weighted by Crippen LogP contribution is -2.31. The van der Waals surface area contributed by atoms with Crippen molar-refractivity contribution in [3.8, 4) is 0 Å². The van der Waals surface area contributed by atoms with Gasteiger partial charge < -0.3 is 10.2 Å². The fourth-order valence-corrected chi connectivity index (χ4v) is 4.47. The van der Waals surface area contributed by atoms with E-state index in [-0.39, 0.29) is 18.4 Å². The molecule has 1 aliphatic heterocycles. The lowest BCUT2D eigenvalue weighted by molar-refractivity contribution is -0.118. The molecule has 1 aromatic heterocycles. The van der Waals surface area contributed by atoms with Crippen LogP contribution in [-0.2, 0) is 16.1 Å². The molecule has 28 heavy (non-hydrogen) atoms. The van der Waals surface area contributed by atoms with Crippen LogP contribution in [0.25, 0.3) is 10.2 Å². The van der Waals surface area contributed by atoms with Gasteiger partial charge in [0.2, 0.25) is 11.8 Å². The summed E-state index contributed by atoms with van der Waals surface area (Å²) in [6, 6.07) is 15.5. The maximum absolute atomic E-state index is 12.6. The third-order valence-electron chi connectivity index (χ3n) is 4.70. The summed E-state index contributed by atoms with van der Waals surface area (Å²) in [5.41, 5.74) is 2.44. The number of hydrogen-bond donors (Lipinski definition) is 1. The van der Waals surface area contributed by atoms with E-state index in [0.29, 0.717) is 25.2 Å². The van der Waals surface area contributed by atoms with Gasteiger partial charge in [-0.2, -0.15) is 0 Å². The molecule has 1 N–H and O–H groups in total. The van der Waals surface area contributed by atoms with Crippen molar-refractivity contribution in [1.29, 1.82) is 0 Å². The van der Waals surface area contributed by atoms with Crippen LogP contribution < -0.4 is 10.2 Å². The van der Waals surface area contributed by atoms with Gasteiger partial charge in [-0.15, -0.1) is 11.3 Å². The van der Waals surface area contributed by atoms with Gasteiger partial charge >= 0.3 is 0 Å². The quantitative estimate of drug-likeness (QED) is 0.695. The molecular formula is C21H22N4O2S. The van der Waals surface area contributed by atoms with Crippen LogP contribution in [0.15, 0.2) is 48.5 Å². The largest absolute Gasteiger partial charge is 0.323 e. The monoisotopic (exact) mass is 394 g/mol. The van der Waals surface area contributed by atoms with E-state index >= 15 is 0 Å². The Bertz CT molecular complexity index is 983. The Labute approximate surface area is 167 Å². The van der Waals surface area contributed by atoms with Crippen LogP contribution in [-0.4, -0.2) is 41.8 Å². The highest BCUT2D eigenvalue weighted by molar-refractivity contribution is 7.18. The van der Waals surface area contributed by atoms with Crippen molar-refractivity contribution in [3.05, 3.63) is 53.5 Å². The number of nitrogens with one attached hydrogen (secondary N) is 1. The minimum atomic E-state index is -0.109. The van der Waals surface area contributed by atoms with E-state index in [2.05, 4.69) is 16.4 Å². The first kappa shape index (κ1) is 18.6. The number of fused-ring (bicyclic) bond motifs is 1. The summed E-state index contributed by atoms with van der Waals surface area (Å²) >= 11 is 1.65. The molecule has 1 fully saturated rings. The molecule has 0 radical (unpaired) electrons. The van der Waals surface area contributed by atoms with Crippen molar-refractivity contribution in [2.45, 2.75) is 19.4 Å². The van der Waals surface area contributed by atoms with Crippen LogP contribution >= 0.6 is 11.3 Å². The molecule has 7 heteroatoms. The molecule has 2 aromatic carbocycles. The molecule has 0 unspecified atom stereocenters. The van der Waals surface area contributed by atoms with Gasteiger partial charge in [0.1, 0.15) is 5.01 Å². The van der Waals surface area contributed by atoms with E-state index in [0.717, 1.165) is 27.3 Å². The first-order valence-corrected chi connectivity index (χ1v) is 10.1. The van der Waals surface area contributed by atoms with Gasteiger partial charge in [-0.05, 0) is 37.7 Å². The predicted octanol–water partition coefficient (Wildman–Crippen LogP) is 3.49. The SMILES string of the molecule is CN(CC(=O)Nc1ccccc1N1CCCC1=O)Cc1nc2ccccc2s1. The molecule has 0 saturated carbocycles. The van der Waals surface area contributed by atoms with Gasteiger partial charge in [0.25, 0.3) is 0 Å². The number of thiazole rings is 1. The van der Waals surface area contributed by atoms with Gasteiger partial charge in [-0.25, -0.2) is 4.98 Å². The van der Waals surface area contributed by atoms with Crippen LogP contribution in [0, 0.1) is 0 Å². The van der Waals surface area contributed by atoms with Crippen molar-refractivity contribution >= 4 is 44.7 Å². The van der Waals surface area contributed by atoms with Crippen LogP contribution in [0.1, 0.15) is 17.8 Å². The van der Waals surface area contributed by atoms with E-state index in [4.69, 9.17) is 0 Å². The van der Waals surface area contributed by atoms with E-state index < -0.39 is 0 Å². The fraction of sp³-hybridized carbons (Fsp3) is 0.286. The molecular weight excluding hydrogens is 372 g/mol. The molecule has 6 nitrogen and oxygen atoms in total. The molecule has 4 rings (SSSR count). The molecule has 0 spiro atoms. The summed E-state index contributed by atoms with van der Waals surface area (Å²) in [6.07, 6.45) is 1.42. The summed E-state index contributed by atoms with van der Waals surface area (Å²) < 4.78 is 1.15. The molecule has 0 aliphatic carbocycles. The number of carbonyl (C=O) groups excluding carboxylic acids is 2. The maximum atomic E-state index is 12.6. The highest BCUT2D eigenvalue weighted by Crippen LogP contribution is 2.29. The van der Waals surface area contributed by atoms with Gasteiger partial charge in [-0.1, -0.05) is 24.3 Å². The zero-order valence-electron chi connectivity index (χ0n) is 15.7. The lowest BCUT2D eigenvalue weighted by Gasteiger charge is -2.21. The summed E-state index contributed by atoms with van der Waals surface area (Å²) in [6.45, 7) is 1.56. The van der Waals surface area contributed by atoms with Crippen LogP contribution in [0.2, 0.25) is 0 Å². The average Bonchev–Trinajstić information content (AvgIpc) is 3.27. The summed E-state index contributed by atoms with van der Waals surface area (Å²) in [5, 5.41) is 3.95. The maximum Gasteiger partial charge on any atom is 0.238 e. The molecule has 3 aromatic rings. The Hall–Kier alpha value is -2.77. The third kappa shape index (κ3) is 4.05. The van der Waals surface area contributed by atoms with E-state index in [1.54, 1.807) is 16.2 Å². The zero-order valence-corrected chi connectivity index (χ0v) is 16.5. The second kappa shape index (κ2) is 8.08. The standard InChI is InChI=1S/C21H22N4O2S/c1-24(14-20-23-16-8-3-5-10-18(16)28-20)13-19(26)22-15-7-2-4-9-17(15)25-12-6-11-21(25)27/h2-5,7-10H,6,11-14H2,1H3,(H,22,26). The van der Waals surface area contributed by atoms with Crippen molar-refractivity contribution in [1.82, 2.24) is 9.88 Å². The first-order valence-electron chi connectivity index (χ1n) is 9.32. The van der Waals surface area contributed by atoms with E-state index in [9.17, 15) is 9.59 Å². The number of likely N-dealkylation sites (N-methyl/N-ethyl adjacent to an activating group) is 1. The van der Waals surface area contributed by atoms with Crippen molar-refractivity contribution in [2.75, 3.05) is 30.4 Å². The number of para-hydroxylation sites is 3. The molecule has 0 atom stereocenters. The van der Waals surface area contributed by atoms with Gasteiger partial charge in [-0.3, -0.25) is 14.5 Å². The average molecular weight is 395 g/mol. The molecule has 0 bridgehead atoms. The van der Waals surface area contributed by atoms with Crippen molar-refractivity contribution in [2.24, 2.45) is 0 Å². The number of benzene rings is 2. The summed E-state index contributed by atoms with van der Waals surface area (Å²) in [5.74, 6) is -0.00244. The van der Waals surface area contributed by atoms with Gasteiger partial charge in [0, 0.05) is 13.0 Å². The topological polar surface area (TPSA) is 65.5 Å². The Balaban J connectivity index is 1.39. The number of rotatable bonds is 6. The fourth-order valence-electron chi connectivity index (χ4n) is 3.43. The Morgan fingerprint density at radius 3 is 2.79 bits per heavy atom. The van der Waals surface area contributed by atoms with Gasteiger partial charge in [0.15, 0.2) is 0 Å². The van der Waals surface area contributed by atoms with Crippen molar-refractivity contribution < 1.29 is 9.59 Å². The third-order valence-corrected chi connectivity index (χ3v) is 5.72. The number of amides is 2.